The van der Waals surface area contributed by atoms with Gasteiger partial charge in [-0.2, -0.15) is 4.98 Å². The van der Waals surface area contributed by atoms with E-state index in [4.69, 9.17) is 9.26 Å². The lowest BCUT2D eigenvalue weighted by Crippen LogP contribution is -2.36. The van der Waals surface area contributed by atoms with E-state index in [1.54, 1.807) is 0 Å². The van der Waals surface area contributed by atoms with Crippen molar-refractivity contribution in [3.05, 3.63) is 65.9 Å². The van der Waals surface area contributed by atoms with E-state index < -0.39 is 5.91 Å². The van der Waals surface area contributed by atoms with Gasteiger partial charge in [-0.15, -0.1) is 11.3 Å². The molecule has 2 amide bonds. The first-order valence-electron chi connectivity index (χ1n) is 9.23. The van der Waals surface area contributed by atoms with Gasteiger partial charge in [0.15, 0.2) is 6.61 Å². The third kappa shape index (κ3) is 4.81. The van der Waals surface area contributed by atoms with Crippen LogP contribution in [0, 0.1) is 0 Å². The molecule has 0 radical (unpaired) electrons. The number of fused-ring (bicyclic) bond motifs is 1. The van der Waals surface area contributed by atoms with E-state index in [1.165, 1.54) is 11.3 Å². The fourth-order valence-electron chi connectivity index (χ4n) is 2.73. The number of carbonyl (C=O) groups is 2. The van der Waals surface area contributed by atoms with Crippen molar-refractivity contribution in [2.45, 2.75) is 0 Å². The van der Waals surface area contributed by atoms with E-state index in [0.717, 1.165) is 15.6 Å². The van der Waals surface area contributed by atoms with Gasteiger partial charge in [0.1, 0.15) is 5.75 Å². The number of thiophene rings is 1. The number of nitrogens with zero attached hydrogens (tertiary/aromatic N) is 2. The van der Waals surface area contributed by atoms with Crippen molar-refractivity contribution in [2.24, 2.45) is 0 Å². The molecule has 0 aliphatic carbocycles. The lowest BCUT2D eigenvalue weighted by Gasteiger charge is -2.08. The highest BCUT2D eigenvalue weighted by Gasteiger charge is 2.16. The molecule has 2 aromatic heterocycles. The first kappa shape index (κ1) is 19.6. The van der Waals surface area contributed by atoms with Gasteiger partial charge in [-0.25, -0.2) is 0 Å². The summed E-state index contributed by atoms with van der Waals surface area (Å²) >= 11 is 1.45. The molecular formula is C21H18N4O4S. The van der Waals surface area contributed by atoms with Crippen LogP contribution in [0.15, 0.2) is 64.5 Å². The number of rotatable bonds is 8. The molecule has 0 spiro atoms. The Labute approximate surface area is 175 Å². The monoisotopic (exact) mass is 422 g/mol. The highest BCUT2D eigenvalue weighted by Crippen LogP contribution is 2.21. The Kier molecular flexibility index (Phi) is 6.00. The lowest BCUT2D eigenvalue weighted by molar-refractivity contribution is -0.123. The minimum absolute atomic E-state index is 0.111. The Balaban J connectivity index is 1.18. The zero-order valence-electron chi connectivity index (χ0n) is 15.8. The van der Waals surface area contributed by atoms with E-state index in [0.29, 0.717) is 11.6 Å². The number of hydrogen-bond donors (Lipinski definition) is 2. The third-order valence-electron chi connectivity index (χ3n) is 4.19. The summed E-state index contributed by atoms with van der Waals surface area (Å²) in [5, 5.41) is 13.1. The third-order valence-corrected chi connectivity index (χ3v) is 5.05. The predicted octanol–water partition coefficient (Wildman–Crippen LogP) is 2.88. The van der Waals surface area contributed by atoms with Crippen LogP contribution in [0.2, 0.25) is 0 Å². The summed E-state index contributed by atoms with van der Waals surface area (Å²) in [4.78, 5) is 28.9. The second kappa shape index (κ2) is 9.19. The molecule has 0 aliphatic heterocycles. The van der Waals surface area contributed by atoms with Crippen LogP contribution in [-0.4, -0.2) is 41.7 Å². The summed E-state index contributed by atoms with van der Waals surface area (Å²) in [6.45, 7) is 0.356. The zero-order chi connectivity index (χ0) is 20.8. The number of carbonyl (C=O) groups excluding carboxylic acids is 2. The lowest BCUT2D eigenvalue weighted by atomic mass is 10.1. The number of amides is 2. The molecule has 4 rings (SSSR count). The molecule has 4 aromatic rings. The van der Waals surface area contributed by atoms with Crippen LogP contribution >= 0.6 is 11.3 Å². The summed E-state index contributed by atoms with van der Waals surface area (Å²) in [5.41, 5.74) is 0. The van der Waals surface area contributed by atoms with Gasteiger partial charge < -0.3 is 19.9 Å². The van der Waals surface area contributed by atoms with Crippen molar-refractivity contribution < 1.29 is 18.8 Å². The van der Waals surface area contributed by atoms with Crippen LogP contribution in [0.5, 0.6) is 5.75 Å². The smallest absolute Gasteiger partial charge is 0.316 e. The number of ether oxygens (including phenoxy) is 1. The summed E-state index contributed by atoms with van der Waals surface area (Å²) in [6, 6.07) is 17.3. The van der Waals surface area contributed by atoms with Crippen molar-refractivity contribution in [1.29, 1.82) is 0 Å². The molecule has 0 fully saturated rings. The van der Waals surface area contributed by atoms with Gasteiger partial charge in [0.25, 0.3) is 5.91 Å². The number of hydrogen-bond acceptors (Lipinski definition) is 7. The van der Waals surface area contributed by atoms with Crippen molar-refractivity contribution in [2.75, 3.05) is 19.7 Å². The molecule has 0 aliphatic rings. The SMILES string of the molecule is O=C(COc1ccc2ccccc2c1)NCCNC(=O)c1nc(-c2cccs2)no1. The Bertz CT molecular complexity index is 1160. The molecule has 0 unspecified atom stereocenters. The summed E-state index contributed by atoms with van der Waals surface area (Å²) < 4.78 is 10.5. The standard InChI is InChI=1S/C21H18N4O4S/c26-18(13-28-16-8-7-14-4-1-2-5-15(14)12-16)22-9-10-23-20(27)21-24-19(25-29-21)17-6-3-11-30-17/h1-8,11-12H,9-10,13H2,(H,22,26)(H,23,27). The molecule has 0 atom stereocenters. The summed E-state index contributed by atoms with van der Waals surface area (Å²) in [7, 11) is 0. The van der Waals surface area contributed by atoms with E-state index in [-0.39, 0.29) is 31.5 Å². The number of nitrogens with one attached hydrogen (secondary N) is 2. The van der Waals surface area contributed by atoms with E-state index in [1.807, 2.05) is 60.0 Å². The quantitative estimate of drug-likeness (QED) is 0.423. The second-order valence-corrected chi connectivity index (χ2v) is 7.25. The summed E-state index contributed by atoms with van der Waals surface area (Å²) in [5.74, 6) is 0.0934. The maximum atomic E-state index is 12.0. The molecule has 0 bridgehead atoms. The molecule has 8 nitrogen and oxygen atoms in total. The van der Waals surface area contributed by atoms with E-state index in [9.17, 15) is 9.59 Å². The van der Waals surface area contributed by atoms with Crippen LogP contribution in [0.3, 0.4) is 0 Å². The van der Waals surface area contributed by atoms with E-state index >= 15 is 0 Å². The first-order valence-corrected chi connectivity index (χ1v) is 10.1. The zero-order valence-corrected chi connectivity index (χ0v) is 16.6. The molecule has 0 saturated heterocycles. The van der Waals surface area contributed by atoms with Gasteiger partial charge in [0.2, 0.25) is 5.82 Å². The van der Waals surface area contributed by atoms with Crippen LogP contribution in [0.1, 0.15) is 10.7 Å². The Morgan fingerprint density at radius 1 is 1.00 bits per heavy atom. The largest absolute Gasteiger partial charge is 0.484 e. The normalized spacial score (nSPS) is 10.7. The Hall–Kier alpha value is -3.72. The van der Waals surface area contributed by atoms with Crippen molar-refractivity contribution in [1.82, 2.24) is 20.8 Å². The predicted molar refractivity (Wildman–Crippen MR) is 112 cm³/mol. The van der Waals surface area contributed by atoms with Gasteiger partial charge >= 0.3 is 11.8 Å². The van der Waals surface area contributed by atoms with Gasteiger partial charge in [-0.1, -0.05) is 41.6 Å². The van der Waals surface area contributed by atoms with Crippen molar-refractivity contribution in [3.8, 4) is 16.5 Å². The Morgan fingerprint density at radius 3 is 2.67 bits per heavy atom. The molecule has 2 N–H and O–H groups in total. The van der Waals surface area contributed by atoms with Gasteiger partial charge in [-0.05, 0) is 34.4 Å². The molecule has 2 aromatic carbocycles. The molecule has 2 heterocycles. The first-order chi connectivity index (χ1) is 14.7. The van der Waals surface area contributed by atoms with E-state index in [2.05, 4.69) is 20.8 Å². The maximum absolute atomic E-state index is 12.0. The maximum Gasteiger partial charge on any atom is 0.316 e. The molecular weight excluding hydrogens is 404 g/mol. The summed E-state index contributed by atoms with van der Waals surface area (Å²) in [6.07, 6.45) is 0. The molecule has 0 saturated carbocycles. The molecule has 30 heavy (non-hydrogen) atoms. The van der Waals surface area contributed by atoms with Crippen molar-refractivity contribution in [3.63, 3.8) is 0 Å². The van der Waals surface area contributed by atoms with Gasteiger partial charge in [0.05, 0.1) is 4.88 Å². The van der Waals surface area contributed by atoms with Crippen LogP contribution in [0.4, 0.5) is 0 Å². The van der Waals surface area contributed by atoms with Crippen LogP contribution < -0.4 is 15.4 Å². The average molecular weight is 422 g/mol. The minimum atomic E-state index is -0.494. The number of benzene rings is 2. The van der Waals surface area contributed by atoms with Crippen molar-refractivity contribution >= 4 is 33.9 Å². The topological polar surface area (TPSA) is 106 Å². The van der Waals surface area contributed by atoms with Crippen LogP contribution in [-0.2, 0) is 4.79 Å². The Morgan fingerprint density at radius 2 is 1.83 bits per heavy atom. The second-order valence-electron chi connectivity index (χ2n) is 6.30. The fraction of sp³-hybridized carbons (Fsp3) is 0.143. The minimum Gasteiger partial charge on any atom is -0.484 e. The van der Waals surface area contributed by atoms with Crippen LogP contribution in [0.25, 0.3) is 21.5 Å². The average Bonchev–Trinajstić information content (AvgIpc) is 3.47. The molecule has 152 valence electrons. The highest BCUT2D eigenvalue weighted by molar-refractivity contribution is 7.13. The fourth-order valence-corrected chi connectivity index (χ4v) is 3.38. The molecule has 9 heteroatoms. The highest BCUT2D eigenvalue weighted by atomic mass is 32.1. The van der Waals surface area contributed by atoms with Gasteiger partial charge in [0, 0.05) is 13.1 Å². The van der Waals surface area contributed by atoms with Gasteiger partial charge in [-0.3, -0.25) is 9.59 Å². The number of aromatic nitrogens is 2.